The van der Waals surface area contributed by atoms with Crippen molar-refractivity contribution in [3.8, 4) is 0 Å². The summed E-state index contributed by atoms with van der Waals surface area (Å²) < 4.78 is 0. The molecule has 1 aromatic rings. The Balaban J connectivity index is 2.31. The van der Waals surface area contributed by atoms with Crippen molar-refractivity contribution in [3.05, 3.63) is 11.8 Å². The van der Waals surface area contributed by atoms with Gasteiger partial charge in [-0.25, -0.2) is 4.98 Å². The van der Waals surface area contributed by atoms with E-state index in [0.717, 1.165) is 12.4 Å². The van der Waals surface area contributed by atoms with E-state index in [4.69, 9.17) is 0 Å². The molecule has 1 unspecified atom stereocenters. The van der Waals surface area contributed by atoms with Gasteiger partial charge in [0.15, 0.2) is 0 Å². The standard InChI is InChI=1S/C12H20N4/c1-4-10-6-5-7-16(10)11-9(2)8-14-12(13-3)15-11/h8,10H,4-7H2,1-3H3,(H,13,14,15). The Morgan fingerprint density at radius 2 is 2.38 bits per heavy atom. The normalized spacial score (nSPS) is 20.2. The predicted octanol–water partition coefficient (Wildman–Crippen LogP) is 2.21. The maximum atomic E-state index is 4.57. The molecule has 0 spiro atoms. The first-order chi connectivity index (χ1) is 7.76. The van der Waals surface area contributed by atoms with Crippen LogP contribution >= 0.6 is 0 Å². The van der Waals surface area contributed by atoms with E-state index in [1.165, 1.54) is 24.8 Å². The molecule has 0 amide bonds. The van der Waals surface area contributed by atoms with Gasteiger partial charge in [-0.05, 0) is 26.2 Å². The van der Waals surface area contributed by atoms with Crippen molar-refractivity contribution >= 4 is 11.8 Å². The number of nitrogens with one attached hydrogen (secondary N) is 1. The second-order valence-electron chi connectivity index (χ2n) is 4.35. The van der Waals surface area contributed by atoms with Crippen LogP contribution in [-0.4, -0.2) is 29.6 Å². The van der Waals surface area contributed by atoms with Crippen LogP contribution in [0.15, 0.2) is 6.20 Å². The Labute approximate surface area is 97.1 Å². The van der Waals surface area contributed by atoms with E-state index < -0.39 is 0 Å². The number of anilines is 2. The Morgan fingerprint density at radius 1 is 1.56 bits per heavy atom. The van der Waals surface area contributed by atoms with Crippen LogP contribution in [0.3, 0.4) is 0 Å². The third kappa shape index (κ3) is 1.96. The molecule has 4 heteroatoms. The van der Waals surface area contributed by atoms with Crippen LogP contribution in [0, 0.1) is 6.92 Å². The molecule has 1 atom stereocenters. The minimum atomic E-state index is 0.651. The highest BCUT2D eigenvalue weighted by atomic mass is 15.3. The van der Waals surface area contributed by atoms with Gasteiger partial charge in [0.2, 0.25) is 5.95 Å². The monoisotopic (exact) mass is 220 g/mol. The van der Waals surface area contributed by atoms with Crippen LogP contribution in [0.4, 0.5) is 11.8 Å². The fraction of sp³-hybridized carbons (Fsp3) is 0.667. The lowest BCUT2D eigenvalue weighted by Gasteiger charge is -2.26. The van der Waals surface area contributed by atoms with Gasteiger partial charge in [0.25, 0.3) is 0 Å². The lowest BCUT2D eigenvalue weighted by atomic mass is 10.1. The molecule has 1 aliphatic heterocycles. The summed E-state index contributed by atoms with van der Waals surface area (Å²) in [6.07, 6.45) is 5.66. The van der Waals surface area contributed by atoms with Crippen LogP contribution in [-0.2, 0) is 0 Å². The summed E-state index contributed by atoms with van der Waals surface area (Å²) in [5, 5.41) is 3.00. The van der Waals surface area contributed by atoms with Crippen LogP contribution in [0.5, 0.6) is 0 Å². The zero-order valence-electron chi connectivity index (χ0n) is 10.3. The molecule has 1 fully saturated rings. The lowest BCUT2D eigenvalue weighted by Crippen LogP contribution is -2.30. The van der Waals surface area contributed by atoms with Gasteiger partial charge in [-0.1, -0.05) is 6.92 Å². The quantitative estimate of drug-likeness (QED) is 0.848. The first kappa shape index (κ1) is 11.2. The minimum absolute atomic E-state index is 0.651. The molecule has 16 heavy (non-hydrogen) atoms. The fourth-order valence-electron chi connectivity index (χ4n) is 2.38. The van der Waals surface area contributed by atoms with Gasteiger partial charge < -0.3 is 10.2 Å². The molecule has 1 saturated heterocycles. The topological polar surface area (TPSA) is 41.1 Å². The molecule has 1 N–H and O–H groups in total. The average molecular weight is 220 g/mol. The summed E-state index contributed by atoms with van der Waals surface area (Å²) in [5.41, 5.74) is 1.17. The zero-order chi connectivity index (χ0) is 11.5. The van der Waals surface area contributed by atoms with Crippen molar-refractivity contribution in [1.29, 1.82) is 0 Å². The fourth-order valence-corrected chi connectivity index (χ4v) is 2.38. The van der Waals surface area contributed by atoms with Crippen LogP contribution < -0.4 is 10.2 Å². The first-order valence-corrected chi connectivity index (χ1v) is 6.04. The van der Waals surface area contributed by atoms with E-state index in [1.54, 1.807) is 0 Å². The number of hydrogen-bond acceptors (Lipinski definition) is 4. The summed E-state index contributed by atoms with van der Waals surface area (Å²) in [4.78, 5) is 11.2. The van der Waals surface area contributed by atoms with E-state index in [2.05, 4.69) is 34.0 Å². The van der Waals surface area contributed by atoms with Crippen LogP contribution in [0.2, 0.25) is 0 Å². The largest absolute Gasteiger partial charge is 0.357 e. The Bertz CT molecular complexity index is 364. The second-order valence-corrected chi connectivity index (χ2v) is 4.35. The molecule has 2 rings (SSSR count). The highest BCUT2D eigenvalue weighted by Crippen LogP contribution is 2.28. The molecule has 0 bridgehead atoms. The number of nitrogens with zero attached hydrogens (tertiary/aromatic N) is 3. The summed E-state index contributed by atoms with van der Waals surface area (Å²) in [6.45, 7) is 5.46. The molecule has 2 heterocycles. The third-order valence-electron chi connectivity index (χ3n) is 3.29. The van der Waals surface area contributed by atoms with Crippen molar-refractivity contribution in [2.24, 2.45) is 0 Å². The highest BCUT2D eigenvalue weighted by Gasteiger charge is 2.25. The molecule has 0 aliphatic carbocycles. The average Bonchev–Trinajstić information content (AvgIpc) is 2.77. The van der Waals surface area contributed by atoms with E-state index >= 15 is 0 Å². The molecule has 0 saturated carbocycles. The minimum Gasteiger partial charge on any atom is -0.357 e. The molecule has 88 valence electrons. The summed E-state index contributed by atoms with van der Waals surface area (Å²) >= 11 is 0. The van der Waals surface area contributed by atoms with E-state index in [9.17, 15) is 0 Å². The van der Waals surface area contributed by atoms with Crippen molar-refractivity contribution in [3.63, 3.8) is 0 Å². The Morgan fingerprint density at radius 3 is 3.06 bits per heavy atom. The molecule has 4 nitrogen and oxygen atoms in total. The SMILES string of the molecule is CCC1CCCN1c1nc(NC)ncc1C. The third-order valence-corrected chi connectivity index (χ3v) is 3.29. The van der Waals surface area contributed by atoms with Gasteiger partial charge in [0.05, 0.1) is 0 Å². The number of rotatable bonds is 3. The summed E-state index contributed by atoms with van der Waals surface area (Å²) in [6, 6.07) is 0.651. The number of hydrogen-bond donors (Lipinski definition) is 1. The number of aryl methyl sites for hydroxylation is 1. The Kier molecular flexibility index (Phi) is 3.27. The van der Waals surface area contributed by atoms with Gasteiger partial charge in [0.1, 0.15) is 5.82 Å². The summed E-state index contributed by atoms with van der Waals surface area (Å²) in [7, 11) is 1.86. The summed E-state index contributed by atoms with van der Waals surface area (Å²) in [5.74, 6) is 1.81. The molecule has 1 aliphatic rings. The van der Waals surface area contributed by atoms with Gasteiger partial charge in [0, 0.05) is 31.4 Å². The van der Waals surface area contributed by atoms with E-state index in [1.807, 2.05) is 13.2 Å². The first-order valence-electron chi connectivity index (χ1n) is 6.04. The molecule has 1 aromatic heterocycles. The van der Waals surface area contributed by atoms with Crippen LogP contribution in [0.1, 0.15) is 31.7 Å². The van der Waals surface area contributed by atoms with Crippen molar-refractivity contribution in [1.82, 2.24) is 9.97 Å². The highest BCUT2D eigenvalue weighted by molar-refractivity contribution is 5.50. The molecular formula is C12H20N4. The number of aromatic nitrogens is 2. The zero-order valence-corrected chi connectivity index (χ0v) is 10.3. The lowest BCUT2D eigenvalue weighted by molar-refractivity contribution is 0.639. The maximum absolute atomic E-state index is 4.57. The smallest absolute Gasteiger partial charge is 0.224 e. The Hall–Kier alpha value is -1.32. The van der Waals surface area contributed by atoms with Gasteiger partial charge in [-0.2, -0.15) is 4.98 Å². The molecular weight excluding hydrogens is 200 g/mol. The van der Waals surface area contributed by atoms with Gasteiger partial charge in [-0.3, -0.25) is 0 Å². The van der Waals surface area contributed by atoms with E-state index in [0.29, 0.717) is 12.0 Å². The second kappa shape index (κ2) is 4.68. The maximum Gasteiger partial charge on any atom is 0.224 e. The van der Waals surface area contributed by atoms with Crippen molar-refractivity contribution < 1.29 is 0 Å². The van der Waals surface area contributed by atoms with Crippen molar-refractivity contribution in [2.75, 3.05) is 23.8 Å². The molecule has 0 aromatic carbocycles. The van der Waals surface area contributed by atoms with Gasteiger partial charge >= 0.3 is 0 Å². The van der Waals surface area contributed by atoms with E-state index in [-0.39, 0.29) is 0 Å². The van der Waals surface area contributed by atoms with Gasteiger partial charge in [-0.15, -0.1) is 0 Å². The predicted molar refractivity (Wildman–Crippen MR) is 67.0 cm³/mol. The molecule has 0 radical (unpaired) electrons. The van der Waals surface area contributed by atoms with Crippen molar-refractivity contribution in [2.45, 2.75) is 39.2 Å². The van der Waals surface area contributed by atoms with Crippen LogP contribution in [0.25, 0.3) is 0 Å².